The lowest BCUT2D eigenvalue weighted by Gasteiger charge is -2.03. The Morgan fingerprint density at radius 1 is 1.70 bits per heavy atom. The zero-order valence-electron chi connectivity index (χ0n) is 5.86. The molecule has 1 rings (SSSR count). The van der Waals surface area contributed by atoms with Gasteiger partial charge >= 0.3 is 0 Å². The van der Waals surface area contributed by atoms with Crippen LogP contribution in [0.15, 0.2) is 18.6 Å². The van der Waals surface area contributed by atoms with Crippen LogP contribution in [0.4, 0.5) is 0 Å². The number of aliphatic hydroxyl groups excluding tert-OH is 1. The summed E-state index contributed by atoms with van der Waals surface area (Å²) in [6.45, 7) is 1.91. The van der Waals surface area contributed by atoms with E-state index < -0.39 is 6.10 Å². The molecule has 0 saturated heterocycles. The normalized spacial score (nSPS) is 13.0. The van der Waals surface area contributed by atoms with Crippen molar-refractivity contribution < 1.29 is 5.11 Å². The first-order valence-electron chi connectivity index (χ1n) is 3.28. The Kier molecular flexibility index (Phi) is 2.34. The van der Waals surface area contributed by atoms with Gasteiger partial charge in [0.1, 0.15) is 6.33 Å². The number of hydrogen-bond acceptors (Lipinski definition) is 3. The van der Waals surface area contributed by atoms with Gasteiger partial charge in [-0.25, -0.2) is 9.97 Å². The van der Waals surface area contributed by atoms with E-state index >= 15 is 0 Å². The molecule has 1 aromatic heterocycles. The van der Waals surface area contributed by atoms with Gasteiger partial charge in [0.2, 0.25) is 0 Å². The van der Waals surface area contributed by atoms with Crippen molar-refractivity contribution in [2.75, 3.05) is 0 Å². The van der Waals surface area contributed by atoms with Crippen molar-refractivity contribution in [1.29, 1.82) is 0 Å². The van der Waals surface area contributed by atoms with Crippen LogP contribution in [0.3, 0.4) is 0 Å². The summed E-state index contributed by atoms with van der Waals surface area (Å²) in [5.74, 6) is 0. The minimum absolute atomic E-state index is 0.442. The van der Waals surface area contributed by atoms with Gasteiger partial charge in [0.05, 0.1) is 11.8 Å². The van der Waals surface area contributed by atoms with Crippen LogP contribution in [-0.2, 0) is 0 Å². The first-order valence-corrected chi connectivity index (χ1v) is 3.28. The van der Waals surface area contributed by atoms with Crippen molar-refractivity contribution in [2.24, 2.45) is 0 Å². The lowest BCUT2D eigenvalue weighted by molar-refractivity contribution is 0.168. The third-order valence-electron chi connectivity index (χ3n) is 1.33. The van der Waals surface area contributed by atoms with E-state index in [0.29, 0.717) is 12.1 Å². The second-order valence-corrected chi connectivity index (χ2v) is 2.06. The largest absolute Gasteiger partial charge is 0.387 e. The molecule has 0 fully saturated rings. The van der Waals surface area contributed by atoms with Crippen LogP contribution >= 0.6 is 0 Å². The number of rotatable bonds is 2. The molecule has 1 aromatic rings. The fraction of sp³-hybridized carbons (Fsp3) is 0.429. The Morgan fingerprint density at radius 3 is 3.00 bits per heavy atom. The average molecular weight is 138 g/mol. The summed E-state index contributed by atoms with van der Waals surface area (Å²) >= 11 is 0. The average Bonchev–Trinajstić information content (AvgIpc) is 2.05. The van der Waals surface area contributed by atoms with Gasteiger partial charge in [-0.2, -0.15) is 0 Å². The molecule has 0 saturated carbocycles. The van der Waals surface area contributed by atoms with Crippen molar-refractivity contribution in [3.63, 3.8) is 0 Å². The lowest BCUT2D eigenvalue weighted by Crippen LogP contribution is -1.97. The van der Waals surface area contributed by atoms with Crippen molar-refractivity contribution in [3.05, 3.63) is 24.3 Å². The van der Waals surface area contributed by atoms with Gasteiger partial charge in [0.15, 0.2) is 0 Å². The van der Waals surface area contributed by atoms with Crippen LogP contribution in [0, 0.1) is 0 Å². The summed E-state index contributed by atoms with van der Waals surface area (Å²) in [6, 6.07) is 1.72. The second kappa shape index (κ2) is 3.27. The number of aliphatic hydroxyl groups is 1. The molecule has 0 bridgehead atoms. The van der Waals surface area contributed by atoms with Gasteiger partial charge in [0, 0.05) is 6.20 Å². The SMILES string of the molecule is CC[C@@H](O)c1ccncn1. The van der Waals surface area contributed by atoms with Crippen LogP contribution in [0.1, 0.15) is 25.1 Å². The Labute approximate surface area is 59.8 Å². The standard InChI is InChI=1S/C7H10N2O/c1-2-7(10)6-3-4-8-5-9-6/h3-5,7,10H,2H2,1H3/t7-/m1/s1. The van der Waals surface area contributed by atoms with E-state index in [1.807, 2.05) is 6.92 Å². The molecule has 0 aliphatic rings. The first kappa shape index (κ1) is 7.15. The topological polar surface area (TPSA) is 46.0 Å². The van der Waals surface area contributed by atoms with Crippen molar-refractivity contribution in [3.8, 4) is 0 Å². The van der Waals surface area contributed by atoms with E-state index in [9.17, 15) is 5.11 Å². The number of nitrogens with zero attached hydrogens (tertiary/aromatic N) is 2. The first-order chi connectivity index (χ1) is 4.84. The van der Waals surface area contributed by atoms with Gasteiger partial charge < -0.3 is 5.11 Å². The number of aromatic nitrogens is 2. The number of hydrogen-bond donors (Lipinski definition) is 1. The molecular formula is C7H10N2O. The van der Waals surface area contributed by atoms with E-state index in [2.05, 4.69) is 9.97 Å². The van der Waals surface area contributed by atoms with Crippen molar-refractivity contribution in [1.82, 2.24) is 9.97 Å². The van der Waals surface area contributed by atoms with Gasteiger partial charge in [0.25, 0.3) is 0 Å². The Morgan fingerprint density at radius 2 is 2.50 bits per heavy atom. The predicted molar refractivity (Wildman–Crippen MR) is 37.3 cm³/mol. The van der Waals surface area contributed by atoms with Gasteiger partial charge in [-0.1, -0.05) is 6.92 Å². The van der Waals surface area contributed by atoms with Gasteiger partial charge in [-0.3, -0.25) is 0 Å². The summed E-state index contributed by atoms with van der Waals surface area (Å²) in [4.78, 5) is 7.63. The fourth-order valence-corrected chi connectivity index (χ4v) is 0.707. The molecule has 1 N–H and O–H groups in total. The smallest absolute Gasteiger partial charge is 0.115 e. The predicted octanol–water partition coefficient (Wildman–Crippen LogP) is 0.920. The van der Waals surface area contributed by atoms with E-state index in [-0.39, 0.29) is 0 Å². The molecule has 1 heterocycles. The molecule has 3 nitrogen and oxygen atoms in total. The van der Waals surface area contributed by atoms with Crippen LogP contribution in [-0.4, -0.2) is 15.1 Å². The molecule has 0 radical (unpaired) electrons. The van der Waals surface area contributed by atoms with Crippen LogP contribution in [0.25, 0.3) is 0 Å². The highest BCUT2D eigenvalue weighted by Gasteiger charge is 2.03. The molecule has 0 amide bonds. The fourth-order valence-electron chi connectivity index (χ4n) is 0.707. The van der Waals surface area contributed by atoms with Crippen LogP contribution in [0.2, 0.25) is 0 Å². The molecule has 0 spiro atoms. The molecule has 10 heavy (non-hydrogen) atoms. The summed E-state index contributed by atoms with van der Waals surface area (Å²) < 4.78 is 0. The van der Waals surface area contributed by atoms with E-state index in [0.717, 1.165) is 0 Å². The third-order valence-corrected chi connectivity index (χ3v) is 1.33. The lowest BCUT2D eigenvalue weighted by atomic mass is 10.2. The van der Waals surface area contributed by atoms with Crippen LogP contribution in [0.5, 0.6) is 0 Å². The summed E-state index contributed by atoms with van der Waals surface area (Å²) in [5.41, 5.74) is 0.692. The third kappa shape index (κ3) is 1.51. The zero-order chi connectivity index (χ0) is 7.40. The summed E-state index contributed by atoms with van der Waals surface area (Å²) in [5, 5.41) is 9.24. The van der Waals surface area contributed by atoms with E-state index in [1.165, 1.54) is 6.33 Å². The van der Waals surface area contributed by atoms with Crippen molar-refractivity contribution >= 4 is 0 Å². The zero-order valence-corrected chi connectivity index (χ0v) is 5.86. The van der Waals surface area contributed by atoms with Gasteiger partial charge in [-0.05, 0) is 12.5 Å². The molecule has 3 heteroatoms. The van der Waals surface area contributed by atoms with E-state index in [1.54, 1.807) is 12.3 Å². The quantitative estimate of drug-likeness (QED) is 0.661. The van der Waals surface area contributed by atoms with Crippen LogP contribution < -0.4 is 0 Å². The highest BCUT2D eigenvalue weighted by Crippen LogP contribution is 2.10. The minimum atomic E-state index is -0.442. The Hall–Kier alpha value is -0.960. The maximum Gasteiger partial charge on any atom is 0.115 e. The highest BCUT2D eigenvalue weighted by molar-refractivity contribution is 5.00. The monoisotopic (exact) mass is 138 g/mol. The molecule has 0 aliphatic carbocycles. The Bertz CT molecular complexity index is 188. The maximum absolute atomic E-state index is 9.24. The molecule has 54 valence electrons. The Balaban J connectivity index is 2.75. The molecule has 0 aromatic carbocycles. The maximum atomic E-state index is 9.24. The minimum Gasteiger partial charge on any atom is -0.387 e. The highest BCUT2D eigenvalue weighted by atomic mass is 16.3. The second-order valence-electron chi connectivity index (χ2n) is 2.06. The van der Waals surface area contributed by atoms with E-state index in [4.69, 9.17) is 0 Å². The summed E-state index contributed by atoms with van der Waals surface area (Å²) in [7, 11) is 0. The van der Waals surface area contributed by atoms with Gasteiger partial charge in [-0.15, -0.1) is 0 Å². The molecular weight excluding hydrogens is 128 g/mol. The molecule has 1 atom stereocenters. The molecule has 0 aliphatic heterocycles. The summed E-state index contributed by atoms with van der Waals surface area (Å²) in [6.07, 6.45) is 3.31. The molecule has 0 unspecified atom stereocenters. The van der Waals surface area contributed by atoms with Crippen molar-refractivity contribution in [2.45, 2.75) is 19.4 Å².